The normalized spacial score (nSPS) is 35.8. The van der Waals surface area contributed by atoms with Gasteiger partial charge in [0, 0.05) is 6.04 Å². The van der Waals surface area contributed by atoms with Gasteiger partial charge in [0.2, 0.25) is 0 Å². The summed E-state index contributed by atoms with van der Waals surface area (Å²) in [6.07, 6.45) is 18.0. The van der Waals surface area contributed by atoms with Gasteiger partial charge in [-0.15, -0.1) is 0 Å². The number of nitrogens with one attached hydrogen (secondary N) is 1. The van der Waals surface area contributed by atoms with Crippen LogP contribution in [-0.4, -0.2) is 12.6 Å². The van der Waals surface area contributed by atoms with Crippen LogP contribution in [-0.2, 0) is 0 Å². The fraction of sp³-hybridized carbons (Fsp3) is 1.00. The highest BCUT2D eigenvalue weighted by Gasteiger charge is 2.37. The molecule has 0 aromatic rings. The van der Waals surface area contributed by atoms with Crippen LogP contribution in [0.3, 0.4) is 0 Å². The Morgan fingerprint density at radius 3 is 2.32 bits per heavy atom. The topological polar surface area (TPSA) is 12.0 Å². The molecule has 110 valence electrons. The molecule has 3 aliphatic rings. The van der Waals surface area contributed by atoms with E-state index >= 15 is 0 Å². The Hall–Kier alpha value is -0.0400. The van der Waals surface area contributed by atoms with E-state index in [0.717, 1.165) is 23.3 Å². The van der Waals surface area contributed by atoms with Gasteiger partial charge in [0.25, 0.3) is 0 Å². The van der Waals surface area contributed by atoms with E-state index in [4.69, 9.17) is 0 Å². The molecule has 1 heteroatoms. The maximum Gasteiger partial charge on any atom is 0.00675 e. The summed E-state index contributed by atoms with van der Waals surface area (Å²) in [6, 6.07) is 0.850. The zero-order valence-electron chi connectivity index (χ0n) is 12.9. The van der Waals surface area contributed by atoms with Crippen LogP contribution in [0.15, 0.2) is 0 Å². The highest BCUT2D eigenvalue weighted by molar-refractivity contribution is 4.91. The number of hydrogen-bond acceptors (Lipinski definition) is 1. The van der Waals surface area contributed by atoms with Crippen molar-refractivity contribution in [1.82, 2.24) is 5.32 Å². The second-order valence-corrected chi connectivity index (χ2v) is 8.03. The average Bonchev–Trinajstić information content (AvgIpc) is 2.87. The molecule has 2 atom stereocenters. The monoisotopic (exact) mass is 263 g/mol. The first-order valence-electron chi connectivity index (χ1n) is 8.99. The summed E-state index contributed by atoms with van der Waals surface area (Å²) in [5.41, 5.74) is 0.803. The lowest BCUT2D eigenvalue weighted by Crippen LogP contribution is -2.39. The van der Waals surface area contributed by atoms with Gasteiger partial charge in [-0.05, 0) is 75.2 Å². The predicted octanol–water partition coefficient (Wildman–Crippen LogP) is 4.91. The third kappa shape index (κ3) is 3.54. The summed E-state index contributed by atoms with van der Waals surface area (Å²) in [5, 5.41) is 3.92. The first kappa shape index (κ1) is 13.9. The zero-order valence-corrected chi connectivity index (χ0v) is 12.9. The number of rotatable bonds is 3. The first-order valence-corrected chi connectivity index (χ1v) is 8.99. The third-order valence-corrected chi connectivity index (χ3v) is 6.45. The van der Waals surface area contributed by atoms with Gasteiger partial charge in [0.05, 0.1) is 0 Å². The quantitative estimate of drug-likeness (QED) is 0.763. The van der Waals surface area contributed by atoms with Crippen LogP contribution in [0, 0.1) is 17.3 Å². The molecule has 0 aromatic carbocycles. The van der Waals surface area contributed by atoms with Gasteiger partial charge in [-0.2, -0.15) is 0 Å². The van der Waals surface area contributed by atoms with Crippen LogP contribution in [0.1, 0.15) is 84.0 Å². The molecule has 3 rings (SSSR count). The van der Waals surface area contributed by atoms with Crippen molar-refractivity contribution >= 4 is 0 Å². The predicted molar refractivity (Wildman–Crippen MR) is 82.3 cm³/mol. The summed E-state index contributed by atoms with van der Waals surface area (Å²) in [5.74, 6) is 1.96. The van der Waals surface area contributed by atoms with Crippen LogP contribution >= 0.6 is 0 Å². The first-order chi connectivity index (χ1) is 9.26. The summed E-state index contributed by atoms with van der Waals surface area (Å²) in [6.45, 7) is 3.75. The Kier molecular flexibility index (Phi) is 4.51. The maximum atomic E-state index is 3.92. The lowest BCUT2D eigenvalue weighted by atomic mass is 9.71. The van der Waals surface area contributed by atoms with Gasteiger partial charge < -0.3 is 5.32 Å². The Labute approximate surface area is 119 Å². The summed E-state index contributed by atoms with van der Waals surface area (Å²) >= 11 is 0. The molecule has 1 spiro atoms. The standard InChI is InChI=1S/C18H33N/c1-15-5-4-6-16(13-15)14-19-17-7-11-18(12-8-17)9-2-3-10-18/h15-17,19H,2-14H2,1H3. The van der Waals surface area contributed by atoms with Crippen molar-refractivity contribution in [2.75, 3.05) is 6.54 Å². The fourth-order valence-electron chi connectivity index (χ4n) is 5.14. The Morgan fingerprint density at radius 1 is 0.895 bits per heavy atom. The highest BCUT2D eigenvalue weighted by Crippen LogP contribution is 2.48. The molecule has 3 aliphatic carbocycles. The van der Waals surface area contributed by atoms with Gasteiger partial charge in [-0.25, -0.2) is 0 Å². The molecule has 0 radical (unpaired) electrons. The van der Waals surface area contributed by atoms with Crippen molar-refractivity contribution in [2.24, 2.45) is 17.3 Å². The largest absolute Gasteiger partial charge is 0.314 e. The third-order valence-electron chi connectivity index (χ3n) is 6.45. The van der Waals surface area contributed by atoms with Crippen molar-refractivity contribution < 1.29 is 0 Å². The van der Waals surface area contributed by atoms with Crippen LogP contribution in [0.25, 0.3) is 0 Å². The lowest BCUT2D eigenvalue weighted by Gasteiger charge is -2.38. The molecule has 1 nitrogen and oxygen atoms in total. The molecule has 0 heterocycles. The van der Waals surface area contributed by atoms with Gasteiger partial charge in [0.1, 0.15) is 0 Å². The fourth-order valence-corrected chi connectivity index (χ4v) is 5.14. The second-order valence-electron chi connectivity index (χ2n) is 8.03. The van der Waals surface area contributed by atoms with Gasteiger partial charge in [-0.3, -0.25) is 0 Å². The summed E-state index contributed by atoms with van der Waals surface area (Å²) in [4.78, 5) is 0. The highest BCUT2D eigenvalue weighted by atomic mass is 14.9. The molecule has 3 fully saturated rings. The molecule has 3 saturated carbocycles. The van der Waals surface area contributed by atoms with E-state index in [9.17, 15) is 0 Å². The average molecular weight is 263 g/mol. The van der Waals surface area contributed by atoms with Crippen molar-refractivity contribution in [3.63, 3.8) is 0 Å². The van der Waals surface area contributed by atoms with E-state index in [2.05, 4.69) is 12.2 Å². The minimum absolute atomic E-state index is 0.803. The van der Waals surface area contributed by atoms with Crippen molar-refractivity contribution in [3.8, 4) is 0 Å². The molecule has 1 N–H and O–H groups in total. The van der Waals surface area contributed by atoms with E-state index in [1.54, 1.807) is 12.8 Å². The minimum atomic E-state index is 0.803. The molecule has 0 aromatic heterocycles. The van der Waals surface area contributed by atoms with E-state index < -0.39 is 0 Å². The lowest BCUT2D eigenvalue weighted by molar-refractivity contribution is 0.162. The van der Waals surface area contributed by atoms with Gasteiger partial charge in [0.15, 0.2) is 0 Å². The van der Waals surface area contributed by atoms with E-state index in [1.165, 1.54) is 70.8 Å². The molecule has 0 amide bonds. The van der Waals surface area contributed by atoms with Crippen molar-refractivity contribution in [1.29, 1.82) is 0 Å². The SMILES string of the molecule is CC1CCCC(CNC2CCC3(CCCC3)CC2)C1. The van der Waals surface area contributed by atoms with E-state index in [1.807, 2.05) is 0 Å². The Balaban J connectivity index is 1.37. The molecule has 2 unspecified atom stereocenters. The second kappa shape index (κ2) is 6.16. The molecule has 0 saturated heterocycles. The van der Waals surface area contributed by atoms with E-state index in [-0.39, 0.29) is 0 Å². The van der Waals surface area contributed by atoms with Crippen LogP contribution in [0.2, 0.25) is 0 Å². The van der Waals surface area contributed by atoms with Crippen molar-refractivity contribution in [2.45, 2.75) is 90.0 Å². The van der Waals surface area contributed by atoms with Gasteiger partial charge in [-0.1, -0.05) is 32.6 Å². The Morgan fingerprint density at radius 2 is 1.63 bits per heavy atom. The van der Waals surface area contributed by atoms with E-state index in [0.29, 0.717) is 0 Å². The molecular weight excluding hydrogens is 230 g/mol. The minimum Gasteiger partial charge on any atom is -0.314 e. The van der Waals surface area contributed by atoms with Gasteiger partial charge >= 0.3 is 0 Å². The Bertz CT molecular complexity index is 269. The molecule has 0 aliphatic heterocycles. The van der Waals surface area contributed by atoms with Crippen LogP contribution in [0.4, 0.5) is 0 Å². The van der Waals surface area contributed by atoms with Crippen molar-refractivity contribution in [3.05, 3.63) is 0 Å². The number of hydrogen-bond donors (Lipinski definition) is 1. The van der Waals surface area contributed by atoms with Crippen LogP contribution < -0.4 is 5.32 Å². The maximum absolute atomic E-state index is 3.92. The summed E-state index contributed by atoms with van der Waals surface area (Å²) in [7, 11) is 0. The zero-order chi connectivity index (χ0) is 13.1. The van der Waals surface area contributed by atoms with Crippen LogP contribution in [0.5, 0.6) is 0 Å². The molecule has 0 bridgehead atoms. The molecule has 19 heavy (non-hydrogen) atoms. The summed E-state index contributed by atoms with van der Waals surface area (Å²) < 4.78 is 0. The smallest absolute Gasteiger partial charge is 0.00675 e. The molecular formula is C18H33N.